The standard InChI is InChI=1S/C23H32N6O/c24-18-6-4-5-17(11-18)22-15-29(27-26-22)13-20-12-16-9-10-28(20)14-21(16)23(30)25-19-7-2-1-3-8-19/h4-6,11,15-16,19-21H,1-3,7-10,12-14,24H2,(H,25,30)/t16-,20-,21+/m1/s1. The van der Waals surface area contributed by atoms with Gasteiger partial charge in [-0.25, -0.2) is 0 Å². The minimum atomic E-state index is 0.149. The van der Waals surface area contributed by atoms with E-state index in [1.807, 2.05) is 35.1 Å². The van der Waals surface area contributed by atoms with Crippen molar-refractivity contribution < 1.29 is 4.79 Å². The average molecular weight is 409 g/mol. The van der Waals surface area contributed by atoms with Crippen molar-refractivity contribution in [2.45, 2.75) is 63.6 Å². The van der Waals surface area contributed by atoms with Gasteiger partial charge in [0.25, 0.3) is 0 Å². The third-order valence-electron chi connectivity index (χ3n) is 7.29. The molecule has 1 aromatic heterocycles. The molecule has 3 saturated heterocycles. The summed E-state index contributed by atoms with van der Waals surface area (Å²) >= 11 is 0. The number of anilines is 1. The molecular formula is C23H32N6O. The highest BCUT2D eigenvalue weighted by Gasteiger charge is 2.43. The van der Waals surface area contributed by atoms with Gasteiger partial charge in [0.2, 0.25) is 5.91 Å². The fourth-order valence-corrected chi connectivity index (χ4v) is 5.61. The smallest absolute Gasteiger partial charge is 0.224 e. The largest absolute Gasteiger partial charge is 0.399 e. The van der Waals surface area contributed by atoms with Gasteiger partial charge in [-0.05, 0) is 50.3 Å². The number of nitrogens with one attached hydrogen (secondary N) is 1. The Morgan fingerprint density at radius 2 is 2.07 bits per heavy atom. The van der Waals surface area contributed by atoms with Crippen molar-refractivity contribution in [1.29, 1.82) is 0 Å². The molecule has 1 unspecified atom stereocenters. The average Bonchev–Trinajstić information content (AvgIpc) is 3.23. The summed E-state index contributed by atoms with van der Waals surface area (Å²) in [4.78, 5) is 15.4. The van der Waals surface area contributed by atoms with Crippen LogP contribution in [0.3, 0.4) is 0 Å². The van der Waals surface area contributed by atoms with Crippen LogP contribution in [-0.4, -0.2) is 51.0 Å². The number of piperidine rings is 3. The third-order valence-corrected chi connectivity index (χ3v) is 7.29. The number of fused-ring (bicyclic) bond motifs is 3. The van der Waals surface area contributed by atoms with E-state index in [1.54, 1.807) is 0 Å². The second-order valence-electron chi connectivity index (χ2n) is 9.33. The number of hydrogen-bond acceptors (Lipinski definition) is 5. The maximum atomic E-state index is 12.9. The van der Waals surface area contributed by atoms with E-state index in [2.05, 4.69) is 20.5 Å². The second-order valence-corrected chi connectivity index (χ2v) is 9.33. The van der Waals surface area contributed by atoms with E-state index in [0.29, 0.717) is 23.9 Å². The van der Waals surface area contributed by atoms with E-state index in [9.17, 15) is 4.79 Å². The molecule has 0 radical (unpaired) electrons. The highest BCUT2D eigenvalue weighted by Crippen LogP contribution is 2.37. The number of nitrogens with two attached hydrogens (primary N) is 1. The molecule has 3 aliphatic heterocycles. The van der Waals surface area contributed by atoms with Crippen molar-refractivity contribution in [1.82, 2.24) is 25.2 Å². The molecule has 30 heavy (non-hydrogen) atoms. The predicted octanol–water partition coefficient (Wildman–Crippen LogP) is 2.69. The Kier molecular flexibility index (Phi) is 5.46. The summed E-state index contributed by atoms with van der Waals surface area (Å²) in [6, 6.07) is 8.58. The Morgan fingerprint density at radius 3 is 2.83 bits per heavy atom. The van der Waals surface area contributed by atoms with Crippen molar-refractivity contribution in [3.05, 3.63) is 30.5 Å². The van der Waals surface area contributed by atoms with Crippen molar-refractivity contribution >= 4 is 11.6 Å². The lowest BCUT2D eigenvalue weighted by Crippen LogP contribution is -2.58. The first-order chi connectivity index (χ1) is 14.7. The maximum absolute atomic E-state index is 12.9. The number of rotatable bonds is 5. The highest BCUT2D eigenvalue weighted by atomic mass is 16.2. The van der Waals surface area contributed by atoms with Gasteiger partial charge in [-0.3, -0.25) is 14.4 Å². The Hall–Kier alpha value is -2.41. The minimum absolute atomic E-state index is 0.149. The zero-order valence-corrected chi connectivity index (χ0v) is 17.5. The summed E-state index contributed by atoms with van der Waals surface area (Å²) in [7, 11) is 0. The lowest BCUT2D eigenvalue weighted by atomic mass is 9.75. The molecule has 4 heterocycles. The van der Waals surface area contributed by atoms with Crippen molar-refractivity contribution in [3.63, 3.8) is 0 Å². The van der Waals surface area contributed by atoms with Crippen molar-refractivity contribution in [3.8, 4) is 11.3 Å². The minimum Gasteiger partial charge on any atom is -0.399 e. The number of nitrogens with zero attached hydrogens (tertiary/aromatic N) is 4. The first-order valence-electron chi connectivity index (χ1n) is 11.5. The first kappa shape index (κ1) is 19.5. The quantitative estimate of drug-likeness (QED) is 0.743. The number of hydrogen-bond donors (Lipinski definition) is 2. The Morgan fingerprint density at radius 1 is 1.20 bits per heavy atom. The van der Waals surface area contributed by atoms with Gasteiger partial charge in [0, 0.05) is 29.9 Å². The van der Waals surface area contributed by atoms with Crippen molar-refractivity contribution in [2.24, 2.45) is 11.8 Å². The van der Waals surface area contributed by atoms with Gasteiger partial charge in [-0.1, -0.05) is 36.6 Å². The van der Waals surface area contributed by atoms with Crippen LogP contribution in [0.5, 0.6) is 0 Å². The van der Waals surface area contributed by atoms with E-state index in [0.717, 1.165) is 62.3 Å². The third kappa shape index (κ3) is 4.08. The zero-order valence-electron chi connectivity index (χ0n) is 17.5. The van der Waals surface area contributed by atoms with Crippen LogP contribution in [0.4, 0.5) is 5.69 Å². The van der Waals surface area contributed by atoms with Crippen molar-refractivity contribution in [2.75, 3.05) is 18.8 Å². The topological polar surface area (TPSA) is 89.1 Å². The van der Waals surface area contributed by atoms with Gasteiger partial charge < -0.3 is 11.1 Å². The van der Waals surface area contributed by atoms with Crippen LogP contribution in [0, 0.1) is 11.8 Å². The predicted molar refractivity (Wildman–Crippen MR) is 116 cm³/mol. The fourth-order valence-electron chi connectivity index (χ4n) is 5.61. The van der Waals surface area contributed by atoms with E-state index >= 15 is 0 Å². The zero-order chi connectivity index (χ0) is 20.5. The van der Waals surface area contributed by atoms with E-state index in [4.69, 9.17) is 5.73 Å². The van der Waals surface area contributed by atoms with Crippen LogP contribution in [0.1, 0.15) is 44.9 Å². The Balaban J connectivity index is 1.20. The van der Waals surface area contributed by atoms with Gasteiger partial charge in [-0.2, -0.15) is 0 Å². The molecule has 7 heteroatoms. The number of aromatic nitrogens is 3. The van der Waals surface area contributed by atoms with Crippen LogP contribution in [-0.2, 0) is 11.3 Å². The highest BCUT2D eigenvalue weighted by molar-refractivity contribution is 5.79. The van der Waals surface area contributed by atoms with Gasteiger partial charge in [0.05, 0.1) is 18.7 Å². The van der Waals surface area contributed by atoms with Crippen LogP contribution >= 0.6 is 0 Å². The molecule has 1 aliphatic carbocycles. The molecule has 4 aliphatic rings. The lowest BCUT2D eigenvalue weighted by molar-refractivity contribution is -0.134. The summed E-state index contributed by atoms with van der Waals surface area (Å²) < 4.78 is 1.95. The molecule has 4 fully saturated rings. The molecule has 2 bridgehead atoms. The fraction of sp³-hybridized carbons (Fsp3) is 0.609. The van der Waals surface area contributed by atoms with E-state index in [-0.39, 0.29) is 5.92 Å². The number of carbonyl (C=O) groups excluding carboxylic acids is 1. The number of nitrogen functional groups attached to an aromatic ring is 1. The molecule has 0 spiro atoms. The Labute approximate surface area is 178 Å². The summed E-state index contributed by atoms with van der Waals surface area (Å²) in [5.41, 5.74) is 8.47. The number of amides is 1. The van der Waals surface area contributed by atoms with Crippen LogP contribution in [0.25, 0.3) is 11.3 Å². The monoisotopic (exact) mass is 408 g/mol. The molecule has 2 aromatic rings. The SMILES string of the molecule is Nc1cccc(-c2cn(C[C@H]3C[C@H]4CCN3C[C@@H]4C(=O)NC3CCCCC3)nn2)c1. The molecule has 6 rings (SSSR count). The Bertz CT molecular complexity index is 889. The molecule has 1 saturated carbocycles. The van der Waals surface area contributed by atoms with Crippen LogP contribution in [0.2, 0.25) is 0 Å². The van der Waals surface area contributed by atoms with Gasteiger partial charge in [0.1, 0.15) is 5.69 Å². The van der Waals surface area contributed by atoms with Crippen LogP contribution in [0.15, 0.2) is 30.5 Å². The molecule has 160 valence electrons. The van der Waals surface area contributed by atoms with Gasteiger partial charge >= 0.3 is 0 Å². The number of carbonyl (C=O) groups is 1. The van der Waals surface area contributed by atoms with E-state index in [1.165, 1.54) is 19.3 Å². The van der Waals surface area contributed by atoms with E-state index < -0.39 is 0 Å². The maximum Gasteiger partial charge on any atom is 0.224 e. The molecule has 7 nitrogen and oxygen atoms in total. The molecule has 4 atom stereocenters. The molecule has 1 aromatic carbocycles. The lowest BCUT2D eigenvalue weighted by Gasteiger charge is -2.49. The first-order valence-corrected chi connectivity index (χ1v) is 11.5. The molecular weight excluding hydrogens is 376 g/mol. The van der Waals surface area contributed by atoms with Crippen LogP contribution < -0.4 is 11.1 Å². The summed E-state index contributed by atoms with van der Waals surface area (Å²) in [6.45, 7) is 2.78. The summed E-state index contributed by atoms with van der Waals surface area (Å²) in [5, 5.41) is 12.1. The molecule has 1 amide bonds. The summed E-state index contributed by atoms with van der Waals surface area (Å²) in [6.07, 6.45) is 10.3. The van der Waals surface area contributed by atoms with Gasteiger partial charge in [0.15, 0.2) is 0 Å². The second kappa shape index (κ2) is 8.38. The molecule has 3 N–H and O–H groups in total. The summed E-state index contributed by atoms with van der Waals surface area (Å²) in [5.74, 6) is 0.927. The normalized spacial score (nSPS) is 29.1. The van der Waals surface area contributed by atoms with Gasteiger partial charge in [-0.15, -0.1) is 5.10 Å². The number of benzene rings is 1.